The van der Waals surface area contributed by atoms with Crippen LogP contribution in [0.1, 0.15) is 52.4 Å². The summed E-state index contributed by atoms with van der Waals surface area (Å²) in [5.41, 5.74) is 2.39. The SMILES string of the molecule is C/C(C(=O)OC1=CCCC1)=C(\C1=CCCC1)C(C)O. The molecule has 0 bridgehead atoms. The Morgan fingerprint density at radius 2 is 1.95 bits per heavy atom. The van der Waals surface area contributed by atoms with Crippen molar-refractivity contribution in [3.8, 4) is 0 Å². The number of allylic oxidation sites excluding steroid dienone is 3. The second-order valence-electron chi connectivity index (χ2n) is 5.29. The molecule has 3 heteroatoms. The zero-order valence-corrected chi connectivity index (χ0v) is 11.7. The van der Waals surface area contributed by atoms with Crippen LogP contribution in [0.5, 0.6) is 0 Å². The molecule has 0 aromatic rings. The Balaban J connectivity index is 2.18. The number of rotatable bonds is 4. The van der Waals surface area contributed by atoms with Gasteiger partial charge in [-0.1, -0.05) is 6.08 Å². The number of aliphatic hydroxyl groups is 1. The molecule has 0 spiro atoms. The summed E-state index contributed by atoms with van der Waals surface area (Å²) in [5, 5.41) is 9.93. The maximum Gasteiger partial charge on any atom is 0.339 e. The number of ether oxygens (including phenoxy) is 1. The van der Waals surface area contributed by atoms with E-state index in [0.29, 0.717) is 5.57 Å². The number of carbonyl (C=O) groups excluding carboxylic acids is 1. The van der Waals surface area contributed by atoms with Gasteiger partial charge in [-0.05, 0) is 63.2 Å². The summed E-state index contributed by atoms with van der Waals surface area (Å²) in [6, 6.07) is 0. The third-order valence-electron chi connectivity index (χ3n) is 3.74. The molecular formula is C16H22O3. The lowest BCUT2D eigenvalue weighted by atomic mass is 9.96. The molecule has 0 heterocycles. The highest BCUT2D eigenvalue weighted by molar-refractivity contribution is 5.90. The van der Waals surface area contributed by atoms with Gasteiger partial charge >= 0.3 is 5.97 Å². The van der Waals surface area contributed by atoms with E-state index >= 15 is 0 Å². The maximum atomic E-state index is 12.1. The minimum Gasteiger partial charge on any atom is -0.428 e. The Morgan fingerprint density at radius 1 is 1.26 bits per heavy atom. The van der Waals surface area contributed by atoms with Crippen LogP contribution in [0, 0.1) is 0 Å². The first-order chi connectivity index (χ1) is 9.09. The Kier molecular flexibility index (Phi) is 4.59. The van der Waals surface area contributed by atoms with Gasteiger partial charge in [0, 0.05) is 12.0 Å². The quantitative estimate of drug-likeness (QED) is 0.624. The molecule has 2 aliphatic rings. The van der Waals surface area contributed by atoms with E-state index in [1.807, 2.05) is 6.08 Å². The number of esters is 1. The number of hydrogen-bond acceptors (Lipinski definition) is 3. The molecule has 0 aromatic heterocycles. The second kappa shape index (κ2) is 6.20. The molecule has 0 aromatic carbocycles. The predicted molar refractivity (Wildman–Crippen MR) is 74.3 cm³/mol. The van der Waals surface area contributed by atoms with E-state index in [1.165, 1.54) is 0 Å². The van der Waals surface area contributed by atoms with Gasteiger partial charge in [0.15, 0.2) is 0 Å². The molecule has 104 valence electrons. The Morgan fingerprint density at radius 3 is 2.47 bits per heavy atom. The molecule has 19 heavy (non-hydrogen) atoms. The Labute approximate surface area is 114 Å². The van der Waals surface area contributed by atoms with Gasteiger partial charge in [-0.2, -0.15) is 0 Å². The first kappa shape index (κ1) is 14.1. The summed E-state index contributed by atoms with van der Waals surface area (Å²) >= 11 is 0. The smallest absolute Gasteiger partial charge is 0.339 e. The molecular weight excluding hydrogens is 240 g/mol. The van der Waals surface area contributed by atoms with E-state index in [1.54, 1.807) is 13.8 Å². The molecule has 2 aliphatic carbocycles. The Bertz CT molecular complexity index is 453. The summed E-state index contributed by atoms with van der Waals surface area (Å²) in [4.78, 5) is 12.1. The monoisotopic (exact) mass is 262 g/mol. The summed E-state index contributed by atoms with van der Waals surface area (Å²) in [6.07, 6.45) is 9.40. The molecule has 3 nitrogen and oxygen atoms in total. The fraction of sp³-hybridized carbons (Fsp3) is 0.562. The van der Waals surface area contributed by atoms with Crippen LogP contribution < -0.4 is 0 Å². The first-order valence-corrected chi connectivity index (χ1v) is 7.09. The molecule has 0 amide bonds. The number of aliphatic hydroxyl groups excluding tert-OH is 1. The molecule has 2 rings (SSSR count). The molecule has 0 aliphatic heterocycles. The predicted octanol–water partition coefficient (Wildman–Crippen LogP) is 3.41. The van der Waals surface area contributed by atoms with E-state index in [9.17, 15) is 9.90 Å². The summed E-state index contributed by atoms with van der Waals surface area (Å²) in [6.45, 7) is 3.46. The third-order valence-corrected chi connectivity index (χ3v) is 3.74. The topological polar surface area (TPSA) is 46.5 Å². The second-order valence-corrected chi connectivity index (χ2v) is 5.29. The highest BCUT2D eigenvalue weighted by Gasteiger charge is 2.22. The van der Waals surface area contributed by atoms with Gasteiger partial charge < -0.3 is 9.84 Å². The van der Waals surface area contributed by atoms with Crippen LogP contribution in [0.15, 0.2) is 34.6 Å². The van der Waals surface area contributed by atoms with Crippen molar-refractivity contribution in [3.05, 3.63) is 34.6 Å². The van der Waals surface area contributed by atoms with E-state index in [2.05, 4.69) is 6.08 Å². The van der Waals surface area contributed by atoms with Crippen molar-refractivity contribution in [1.82, 2.24) is 0 Å². The minimum absolute atomic E-state index is 0.322. The van der Waals surface area contributed by atoms with Gasteiger partial charge in [0.05, 0.1) is 6.10 Å². The number of hydrogen-bond donors (Lipinski definition) is 1. The van der Waals surface area contributed by atoms with Gasteiger partial charge in [0.2, 0.25) is 0 Å². The van der Waals surface area contributed by atoms with Crippen molar-refractivity contribution < 1.29 is 14.6 Å². The average molecular weight is 262 g/mol. The largest absolute Gasteiger partial charge is 0.428 e. The minimum atomic E-state index is -0.630. The standard InChI is InChI=1S/C16H22O3/c1-11(16(18)19-14-9-5-6-10-14)15(12(2)17)13-7-3-4-8-13/h7,9,12,17H,3-6,8,10H2,1-2H3/b15-11+. The summed E-state index contributed by atoms with van der Waals surface area (Å²) in [5.74, 6) is 0.451. The van der Waals surface area contributed by atoms with Gasteiger partial charge in [-0.15, -0.1) is 0 Å². The molecule has 1 unspecified atom stereocenters. The van der Waals surface area contributed by atoms with Crippen molar-refractivity contribution in [3.63, 3.8) is 0 Å². The van der Waals surface area contributed by atoms with Crippen molar-refractivity contribution in [2.24, 2.45) is 0 Å². The molecule has 0 saturated heterocycles. The van der Waals surface area contributed by atoms with E-state index in [-0.39, 0.29) is 5.97 Å². The summed E-state index contributed by atoms with van der Waals surface area (Å²) in [7, 11) is 0. The van der Waals surface area contributed by atoms with Crippen LogP contribution in [-0.2, 0) is 9.53 Å². The van der Waals surface area contributed by atoms with E-state index in [4.69, 9.17) is 4.74 Å². The fourth-order valence-electron chi connectivity index (χ4n) is 2.78. The van der Waals surface area contributed by atoms with Gasteiger partial charge in [-0.3, -0.25) is 0 Å². The van der Waals surface area contributed by atoms with Crippen LogP contribution in [0.4, 0.5) is 0 Å². The average Bonchev–Trinajstić information content (AvgIpc) is 3.01. The lowest BCUT2D eigenvalue weighted by molar-refractivity contribution is -0.135. The summed E-state index contributed by atoms with van der Waals surface area (Å²) < 4.78 is 5.39. The highest BCUT2D eigenvalue weighted by atomic mass is 16.5. The van der Waals surface area contributed by atoms with E-state index in [0.717, 1.165) is 55.4 Å². The molecule has 0 radical (unpaired) electrons. The van der Waals surface area contributed by atoms with Crippen molar-refractivity contribution in [1.29, 1.82) is 0 Å². The van der Waals surface area contributed by atoms with Crippen LogP contribution in [0.2, 0.25) is 0 Å². The molecule has 0 saturated carbocycles. The van der Waals surface area contributed by atoms with Gasteiger partial charge in [-0.25, -0.2) is 4.79 Å². The first-order valence-electron chi connectivity index (χ1n) is 7.09. The zero-order chi connectivity index (χ0) is 13.8. The van der Waals surface area contributed by atoms with Crippen molar-refractivity contribution in [2.75, 3.05) is 0 Å². The van der Waals surface area contributed by atoms with Crippen LogP contribution in [0.25, 0.3) is 0 Å². The van der Waals surface area contributed by atoms with Crippen LogP contribution >= 0.6 is 0 Å². The highest BCUT2D eigenvalue weighted by Crippen LogP contribution is 2.30. The molecule has 1 atom stereocenters. The fourth-order valence-corrected chi connectivity index (χ4v) is 2.78. The molecule has 1 N–H and O–H groups in total. The van der Waals surface area contributed by atoms with Gasteiger partial charge in [0.25, 0.3) is 0 Å². The van der Waals surface area contributed by atoms with Crippen molar-refractivity contribution in [2.45, 2.75) is 58.5 Å². The van der Waals surface area contributed by atoms with Crippen LogP contribution in [-0.4, -0.2) is 17.2 Å². The molecule has 0 fully saturated rings. The third kappa shape index (κ3) is 3.35. The number of carbonyl (C=O) groups is 1. The van der Waals surface area contributed by atoms with E-state index < -0.39 is 6.10 Å². The van der Waals surface area contributed by atoms with Crippen LogP contribution in [0.3, 0.4) is 0 Å². The normalized spacial score (nSPS) is 21.6. The lowest BCUT2D eigenvalue weighted by Gasteiger charge is -2.16. The van der Waals surface area contributed by atoms with Gasteiger partial charge in [0.1, 0.15) is 5.76 Å². The maximum absolute atomic E-state index is 12.1. The Hall–Kier alpha value is -1.35. The zero-order valence-electron chi connectivity index (χ0n) is 11.7. The van der Waals surface area contributed by atoms with Crippen molar-refractivity contribution >= 4 is 5.97 Å². The lowest BCUT2D eigenvalue weighted by Crippen LogP contribution is -2.15.